The maximum Gasteiger partial charge on any atom is 0.253 e. The van der Waals surface area contributed by atoms with Crippen LogP contribution < -0.4 is 9.64 Å². The highest BCUT2D eigenvalue weighted by Crippen LogP contribution is 2.54. The normalized spacial score (nSPS) is 29.2. The number of hydrogen-bond donors (Lipinski definition) is 1. The average Bonchev–Trinajstić information content (AvgIpc) is 3.34. The van der Waals surface area contributed by atoms with Crippen molar-refractivity contribution in [1.82, 2.24) is 9.80 Å². The molecule has 9 nitrogen and oxygen atoms in total. The highest BCUT2D eigenvalue weighted by molar-refractivity contribution is 6.06. The van der Waals surface area contributed by atoms with Gasteiger partial charge in [-0.2, -0.15) is 0 Å². The number of nitrogens with zero attached hydrogens (tertiary/aromatic N) is 3. The Morgan fingerprint density at radius 2 is 1.76 bits per heavy atom. The summed E-state index contributed by atoms with van der Waals surface area (Å²) in [6.45, 7) is 2.97. The van der Waals surface area contributed by atoms with Crippen LogP contribution in [0.1, 0.15) is 18.9 Å². The maximum atomic E-state index is 14.7. The van der Waals surface area contributed by atoms with Crippen LogP contribution in [0.5, 0.6) is 5.75 Å². The van der Waals surface area contributed by atoms with Crippen molar-refractivity contribution in [2.45, 2.75) is 43.6 Å². The Balaban J connectivity index is 1.46. The van der Waals surface area contributed by atoms with Gasteiger partial charge in [-0.15, -0.1) is 0 Å². The molecular formula is C33H37N3O6. The first-order chi connectivity index (χ1) is 20.4. The molecule has 6 atom stereocenters. The SMILES string of the molecule is CCCN1CC=C[C@@H]2O[C@]34C=CCN(c5ccc(OC)cc5)C(=O)C3N([C@@H](CO)Cc3ccccc3)C(=O)[C@@H]4[C@@H]2C1=O. The lowest BCUT2D eigenvalue weighted by atomic mass is 9.77. The molecule has 9 heteroatoms. The molecule has 0 radical (unpaired) electrons. The van der Waals surface area contributed by atoms with Crippen LogP contribution in [0.2, 0.25) is 0 Å². The zero-order valence-electron chi connectivity index (χ0n) is 24.0. The lowest BCUT2D eigenvalue weighted by Gasteiger charge is -2.38. The number of likely N-dealkylation sites (tertiary alicyclic amines) is 1. The first kappa shape index (κ1) is 28.2. The van der Waals surface area contributed by atoms with Gasteiger partial charge in [-0.1, -0.05) is 61.6 Å². The minimum absolute atomic E-state index is 0.136. The van der Waals surface area contributed by atoms with Crippen molar-refractivity contribution in [2.75, 3.05) is 38.3 Å². The van der Waals surface area contributed by atoms with E-state index in [1.165, 1.54) is 4.90 Å². The van der Waals surface area contributed by atoms with Crippen molar-refractivity contribution in [1.29, 1.82) is 0 Å². The minimum Gasteiger partial charge on any atom is -0.497 e. The topological polar surface area (TPSA) is 99.6 Å². The number of amides is 3. The molecule has 1 spiro atoms. The predicted octanol–water partition coefficient (Wildman–Crippen LogP) is 2.59. The zero-order valence-corrected chi connectivity index (χ0v) is 24.0. The molecule has 0 aromatic heterocycles. The minimum atomic E-state index is -1.36. The van der Waals surface area contributed by atoms with Crippen molar-refractivity contribution in [2.24, 2.45) is 11.8 Å². The van der Waals surface area contributed by atoms with E-state index in [0.717, 1.165) is 12.0 Å². The number of methoxy groups -OCH3 is 1. The third-order valence-electron chi connectivity index (χ3n) is 8.98. The number of ether oxygens (including phenoxy) is 2. The first-order valence-electron chi connectivity index (χ1n) is 14.7. The van der Waals surface area contributed by atoms with Crippen molar-refractivity contribution < 1.29 is 29.0 Å². The summed E-state index contributed by atoms with van der Waals surface area (Å²) in [5.74, 6) is -1.79. The van der Waals surface area contributed by atoms with Gasteiger partial charge in [-0.05, 0) is 42.7 Å². The van der Waals surface area contributed by atoms with Gasteiger partial charge in [-0.25, -0.2) is 0 Å². The fourth-order valence-corrected chi connectivity index (χ4v) is 7.12. The largest absolute Gasteiger partial charge is 0.497 e. The number of hydrogen-bond acceptors (Lipinski definition) is 6. The van der Waals surface area contributed by atoms with Gasteiger partial charge in [0.05, 0.1) is 37.7 Å². The lowest BCUT2D eigenvalue weighted by molar-refractivity contribution is -0.146. The summed E-state index contributed by atoms with van der Waals surface area (Å²) in [6.07, 6.45) is 7.99. The van der Waals surface area contributed by atoms with Crippen LogP contribution in [0.3, 0.4) is 0 Å². The van der Waals surface area contributed by atoms with E-state index in [2.05, 4.69) is 0 Å². The average molecular weight is 572 g/mol. The second-order valence-corrected chi connectivity index (χ2v) is 11.4. The third-order valence-corrected chi connectivity index (χ3v) is 8.98. The smallest absolute Gasteiger partial charge is 0.253 e. The van der Waals surface area contributed by atoms with Gasteiger partial charge in [0.15, 0.2) is 0 Å². The Morgan fingerprint density at radius 1 is 1.00 bits per heavy atom. The molecule has 4 heterocycles. The van der Waals surface area contributed by atoms with Crippen LogP contribution in [0.25, 0.3) is 0 Å². The van der Waals surface area contributed by atoms with Gasteiger partial charge >= 0.3 is 0 Å². The van der Waals surface area contributed by atoms with E-state index in [1.54, 1.807) is 29.0 Å². The number of anilines is 1. The highest BCUT2D eigenvalue weighted by Gasteiger charge is 2.72. The molecule has 42 heavy (non-hydrogen) atoms. The number of carbonyl (C=O) groups excluding carboxylic acids is 3. The second kappa shape index (κ2) is 11.4. The molecule has 2 saturated heterocycles. The fourth-order valence-electron chi connectivity index (χ4n) is 7.12. The van der Waals surface area contributed by atoms with E-state index in [1.807, 2.05) is 73.7 Å². The molecule has 4 aliphatic rings. The summed E-state index contributed by atoms with van der Waals surface area (Å²) in [5, 5.41) is 10.7. The van der Waals surface area contributed by atoms with E-state index in [4.69, 9.17) is 9.47 Å². The molecule has 3 amide bonds. The number of aliphatic hydroxyl groups is 1. The van der Waals surface area contributed by atoms with Crippen LogP contribution in [0.15, 0.2) is 78.9 Å². The van der Waals surface area contributed by atoms with E-state index < -0.39 is 35.6 Å². The first-order valence-corrected chi connectivity index (χ1v) is 14.7. The Hall–Kier alpha value is -3.95. The number of rotatable bonds is 8. The second-order valence-electron chi connectivity index (χ2n) is 11.4. The van der Waals surface area contributed by atoms with Crippen molar-refractivity contribution in [3.63, 3.8) is 0 Å². The van der Waals surface area contributed by atoms with Gasteiger partial charge in [0, 0.05) is 25.3 Å². The van der Waals surface area contributed by atoms with Crippen molar-refractivity contribution >= 4 is 23.4 Å². The van der Waals surface area contributed by atoms with Crippen LogP contribution in [0, 0.1) is 11.8 Å². The zero-order chi connectivity index (χ0) is 29.4. The summed E-state index contributed by atoms with van der Waals surface area (Å²) in [6, 6.07) is 15.0. The van der Waals surface area contributed by atoms with Gasteiger partial charge in [0.1, 0.15) is 17.4 Å². The molecule has 1 N–H and O–H groups in total. The van der Waals surface area contributed by atoms with E-state index in [-0.39, 0.29) is 30.9 Å². The number of fused-ring (bicyclic) bond motifs is 2. The Morgan fingerprint density at radius 3 is 2.45 bits per heavy atom. The molecule has 4 aliphatic heterocycles. The molecular weight excluding hydrogens is 534 g/mol. The van der Waals surface area contributed by atoms with Crippen molar-refractivity contribution in [3.8, 4) is 5.75 Å². The Labute approximate surface area is 246 Å². The fraction of sp³-hybridized carbons (Fsp3) is 0.424. The Bertz CT molecular complexity index is 1390. The van der Waals surface area contributed by atoms with Crippen molar-refractivity contribution in [3.05, 3.63) is 84.5 Å². The maximum absolute atomic E-state index is 14.7. The van der Waals surface area contributed by atoms with E-state index in [9.17, 15) is 19.5 Å². The summed E-state index contributed by atoms with van der Waals surface area (Å²) in [4.78, 5) is 48.2. The third kappa shape index (κ3) is 4.51. The number of benzene rings is 2. The lowest BCUT2D eigenvalue weighted by Crippen LogP contribution is -2.58. The number of carbonyl (C=O) groups is 3. The summed E-state index contributed by atoms with van der Waals surface area (Å²) < 4.78 is 12.0. The monoisotopic (exact) mass is 571 g/mol. The van der Waals surface area contributed by atoms with Crippen LogP contribution >= 0.6 is 0 Å². The molecule has 220 valence electrons. The van der Waals surface area contributed by atoms with Crippen LogP contribution in [0.4, 0.5) is 5.69 Å². The molecule has 0 saturated carbocycles. The van der Waals surface area contributed by atoms with Crippen LogP contribution in [-0.4, -0.2) is 89.8 Å². The summed E-state index contributed by atoms with van der Waals surface area (Å²) in [7, 11) is 1.58. The summed E-state index contributed by atoms with van der Waals surface area (Å²) >= 11 is 0. The van der Waals surface area contributed by atoms with Gasteiger partial charge in [0.2, 0.25) is 11.8 Å². The van der Waals surface area contributed by atoms with Gasteiger partial charge in [0.25, 0.3) is 5.91 Å². The Kier molecular flexibility index (Phi) is 7.64. The molecule has 2 aromatic rings. The molecule has 0 bridgehead atoms. The highest BCUT2D eigenvalue weighted by atomic mass is 16.5. The number of aliphatic hydroxyl groups excluding tert-OH is 1. The van der Waals surface area contributed by atoms with E-state index >= 15 is 0 Å². The molecule has 2 fully saturated rings. The van der Waals surface area contributed by atoms with Gasteiger partial charge in [-0.3, -0.25) is 14.4 Å². The molecule has 0 aliphatic carbocycles. The standard InChI is InChI=1S/C33H37N3O6/c1-3-17-34-18-7-11-26-27(30(34)38)28-31(39)36(24(21-37)20-22-9-5-4-6-10-22)29-32(40)35(19-8-16-33(28,29)42-26)23-12-14-25(41-2)15-13-23/h4-16,24,26-29,37H,3,17-21H2,1-2H3/t24-,26+,27-,28+,29?,33+/m1/s1. The molecule has 2 aromatic carbocycles. The molecule has 6 rings (SSSR count). The summed E-state index contributed by atoms with van der Waals surface area (Å²) in [5.41, 5.74) is 0.226. The molecule has 1 unspecified atom stereocenters. The van der Waals surface area contributed by atoms with Gasteiger partial charge < -0.3 is 29.3 Å². The van der Waals surface area contributed by atoms with E-state index in [0.29, 0.717) is 30.9 Å². The predicted molar refractivity (Wildman–Crippen MR) is 157 cm³/mol. The van der Waals surface area contributed by atoms with Crippen LogP contribution in [-0.2, 0) is 25.5 Å². The quantitative estimate of drug-likeness (QED) is 0.489.